The minimum Gasteiger partial charge on any atom is -0.508 e. The molecule has 4 unspecified atom stereocenters. The number of aromatic nitrogens is 1. The Morgan fingerprint density at radius 3 is 2.68 bits per heavy atom. The number of carbonyl (C=O) groups is 1. The van der Waals surface area contributed by atoms with E-state index >= 15 is 0 Å². The fourth-order valence-corrected chi connectivity index (χ4v) is 7.12. The number of phenols is 1. The van der Waals surface area contributed by atoms with Crippen LogP contribution in [0.1, 0.15) is 104 Å². The van der Waals surface area contributed by atoms with E-state index in [1.54, 1.807) is 12.1 Å². The molecule has 1 amide bonds. The lowest BCUT2D eigenvalue weighted by atomic mass is 9.49. The topological polar surface area (TPSA) is 101 Å². The lowest BCUT2D eigenvalue weighted by Gasteiger charge is -2.55. The van der Waals surface area contributed by atoms with E-state index in [1.807, 2.05) is 12.1 Å². The molecule has 0 spiro atoms. The first-order valence-electron chi connectivity index (χ1n) is 14.0. The molecule has 1 heterocycles. The van der Waals surface area contributed by atoms with Crippen molar-refractivity contribution in [2.24, 2.45) is 17.1 Å². The number of aryl methyl sites for hydroxylation is 1. The van der Waals surface area contributed by atoms with Crippen LogP contribution in [0, 0.1) is 11.3 Å². The van der Waals surface area contributed by atoms with E-state index in [0.717, 1.165) is 31.2 Å². The van der Waals surface area contributed by atoms with Crippen molar-refractivity contribution in [3.05, 3.63) is 82.6 Å². The molecule has 0 saturated heterocycles. The van der Waals surface area contributed by atoms with E-state index in [0.29, 0.717) is 30.7 Å². The highest BCUT2D eigenvalue weighted by Crippen LogP contribution is 2.57. The van der Waals surface area contributed by atoms with Gasteiger partial charge in [0, 0.05) is 6.54 Å². The Labute approximate surface area is 226 Å². The van der Waals surface area contributed by atoms with Crippen molar-refractivity contribution >= 4 is 5.91 Å². The molecule has 2 aliphatic rings. The van der Waals surface area contributed by atoms with Gasteiger partial charge in [-0.2, -0.15) is 0 Å². The van der Waals surface area contributed by atoms with E-state index in [-0.39, 0.29) is 28.2 Å². The Morgan fingerprint density at radius 1 is 1.18 bits per heavy atom. The molecule has 4 N–H and O–H groups in total. The Bertz CT molecular complexity index is 1300. The van der Waals surface area contributed by atoms with Crippen LogP contribution in [0.4, 0.5) is 0 Å². The molecule has 6 heteroatoms. The number of aromatic hydroxyl groups is 1. The first-order chi connectivity index (χ1) is 18.1. The maximum Gasteiger partial charge on any atom is 0.273 e. The Kier molecular flexibility index (Phi) is 7.12. The first kappa shape index (κ1) is 26.5. The molecule has 1 fully saturated rings. The smallest absolute Gasteiger partial charge is 0.273 e. The quantitative estimate of drug-likeness (QED) is 0.348. The lowest BCUT2D eigenvalue weighted by molar-refractivity contribution is 0.0254. The van der Waals surface area contributed by atoms with Gasteiger partial charge in [0.05, 0.1) is 6.04 Å². The number of hydrogen-bond donors (Lipinski definition) is 3. The van der Waals surface area contributed by atoms with Gasteiger partial charge < -0.3 is 20.6 Å². The van der Waals surface area contributed by atoms with Crippen molar-refractivity contribution < 1.29 is 14.3 Å². The summed E-state index contributed by atoms with van der Waals surface area (Å²) in [5.74, 6) is 1.37. The van der Waals surface area contributed by atoms with Crippen LogP contribution in [-0.2, 0) is 18.3 Å². The molecular weight excluding hydrogens is 474 g/mol. The number of carbonyl (C=O) groups excluding carboxylic acids is 1. The molecule has 0 radical (unpaired) electrons. The van der Waals surface area contributed by atoms with Crippen LogP contribution in [0.15, 0.2) is 53.1 Å². The zero-order chi connectivity index (χ0) is 27.1. The summed E-state index contributed by atoms with van der Waals surface area (Å²) < 4.78 is 5.58. The fourth-order valence-electron chi connectivity index (χ4n) is 7.12. The number of nitrogens with two attached hydrogens (primary N) is 1. The minimum absolute atomic E-state index is 0.0128. The highest BCUT2D eigenvalue weighted by Gasteiger charge is 2.51. The van der Waals surface area contributed by atoms with Gasteiger partial charge in [0.15, 0.2) is 5.69 Å². The van der Waals surface area contributed by atoms with Crippen LogP contribution in [0.2, 0.25) is 0 Å². The average Bonchev–Trinajstić information content (AvgIpc) is 3.39. The molecule has 1 saturated carbocycles. The number of nitrogens with zero attached hydrogens (tertiary/aromatic N) is 1. The van der Waals surface area contributed by atoms with Gasteiger partial charge in [-0.1, -0.05) is 64.4 Å². The van der Waals surface area contributed by atoms with Gasteiger partial charge in [0.25, 0.3) is 5.91 Å². The third-order valence-corrected chi connectivity index (χ3v) is 9.28. The highest BCUT2D eigenvalue weighted by molar-refractivity contribution is 5.91. The molecule has 4 atom stereocenters. The Balaban J connectivity index is 1.26. The van der Waals surface area contributed by atoms with Crippen LogP contribution < -0.4 is 11.1 Å². The Morgan fingerprint density at radius 2 is 1.95 bits per heavy atom. The maximum absolute atomic E-state index is 13.1. The minimum atomic E-state index is -0.476. The monoisotopic (exact) mass is 515 g/mol. The zero-order valence-corrected chi connectivity index (χ0v) is 23.1. The summed E-state index contributed by atoms with van der Waals surface area (Å²) in [6.45, 7) is 9.94. The van der Waals surface area contributed by atoms with Gasteiger partial charge in [-0.15, -0.1) is 0 Å². The molecule has 5 rings (SSSR count). The molecule has 0 aliphatic heterocycles. The second-order valence-corrected chi connectivity index (χ2v) is 12.3. The summed E-state index contributed by atoms with van der Waals surface area (Å²) in [5, 5.41) is 12.7. The van der Waals surface area contributed by atoms with Gasteiger partial charge in [0.2, 0.25) is 5.89 Å². The summed E-state index contributed by atoms with van der Waals surface area (Å²) in [7, 11) is 0. The van der Waals surface area contributed by atoms with Gasteiger partial charge >= 0.3 is 0 Å². The van der Waals surface area contributed by atoms with Gasteiger partial charge in [0.1, 0.15) is 12.0 Å². The summed E-state index contributed by atoms with van der Waals surface area (Å²) in [5.41, 5.74) is 12.1. The van der Waals surface area contributed by atoms with E-state index in [4.69, 9.17) is 10.2 Å². The van der Waals surface area contributed by atoms with Crippen LogP contribution in [-0.4, -0.2) is 22.5 Å². The molecule has 3 aromatic rings. The fraction of sp³-hybridized carbons (Fsp3) is 0.500. The van der Waals surface area contributed by atoms with Gasteiger partial charge in [-0.25, -0.2) is 4.98 Å². The molecule has 202 valence electrons. The second-order valence-electron chi connectivity index (χ2n) is 12.3. The molecule has 0 bridgehead atoms. The zero-order valence-electron chi connectivity index (χ0n) is 23.1. The van der Waals surface area contributed by atoms with Crippen molar-refractivity contribution in [2.45, 2.75) is 83.6 Å². The predicted molar refractivity (Wildman–Crippen MR) is 149 cm³/mol. The number of benzene rings is 2. The van der Waals surface area contributed by atoms with E-state index in [1.165, 1.54) is 29.4 Å². The number of nitrogens with one attached hydrogen (secondary N) is 1. The maximum atomic E-state index is 13.1. The number of amides is 1. The van der Waals surface area contributed by atoms with Crippen LogP contribution in [0.25, 0.3) is 0 Å². The number of phenolic OH excluding ortho intramolecular Hbond substituents is 1. The van der Waals surface area contributed by atoms with E-state index in [9.17, 15) is 9.90 Å². The summed E-state index contributed by atoms with van der Waals surface area (Å²) in [4.78, 5) is 17.5. The van der Waals surface area contributed by atoms with Crippen molar-refractivity contribution in [1.82, 2.24) is 10.3 Å². The van der Waals surface area contributed by atoms with Crippen LogP contribution >= 0.6 is 0 Å². The standard InChI is InChI=1S/C32H41N3O3/c1-20(2)22-8-12-25-23(17-22)9-13-28-31(3,14-5-15-32(25,28)4)19-34-29(37)27-18-38-30(35-27)26(33)16-21-6-10-24(36)11-7-21/h6-8,10-12,17-18,20,26,28,36H,5,9,13-16,19,33H2,1-4H3,(H,34,37). The molecule has 2 aliphatic carbocycles. The highest BCUT2D eigenvalue weighted by atomic mass is 16.3. The Hall–Kier alpha value is -3.12. The second kappa shape index (κ2) is 10.2. The van der Waals surface area contributed by atoms with Gasteiger partial charge in [-0.05, 0) is 89.2 Å². The largest absolute Gasteiger partial charge is 0.508 e. The summed E-state index contributed by atoms with van der Waals surface area (Å²) in [6, 6.07) is 13.6. The number of fused-ring (bicyclic) bond motifs is 3. The normalized spacial score (nSPS) is 25.5. The lowest BCUT2D eigenvalue weighted by Crippen LogP contribution is -2.53. The molecule has 38 heavy (non-hydrogen) atoms. The SMILES string of the molecule is CC(C)c1ccc2c(c1)CCC1C(C)(CNC(=O)c3coc(C(N)Cc4ccc(O)cc4)n3)CCCC21C. The first-order valence-corrected chi connectivity index (χ1v) is 14.0. The number of rotatable bonds is 7. The average molecular weight is 516 g/mol. The van der Waals surface area contributed by atoms with Crippen LogP contribution in [0.3, 0.4) is 0 Å². The van der Waals surface area contributed by atoms with Crippen molar-refractivity contribution in [1.29, 1.82) is 0 Å². The predicted octanol–water partition coefficient (Wildman–Crippen LogP) is 6.19. The number of oxazole rings is 1. The third kappa shape index (κ3) is 4.98. The van der Waals surface area contributed by atoms with Crippen LogP contribution in [0.5, 0.6) is 5.75 Å². The summed E-state index contributed by atoms with van der Waals surface area (Å²) >= 11 is 0. The van der Waals surface area contributed by atoms with E-state index < -0.39 is 6.04 Å². The molecule has 2 aromatic carbocycles. The molecular formula is C32H41N3O3. The number of hydrogen-bond acceptors (Lipinski definition) is 5. The summed E-state index contributed by atoms with van der Waals surface area (Å²) in [6.07, 6.45) is 7.61. The van der Waals surface area contributed by atoms with Gasteiger partial charge in [-0.3, -0.25) is 4.79 Å². The van der Waals surface area contributed by atoms with E-state index in [2.05, 4.69) is 56.2 Å². The van der Waals surface area contributed by atoms with Crippen molar-refractivity contribution in [3.63, 3.8) is 0 Å². The molecule has 6 nitrogen and oxygen atoms in total. The van der Waals surface area contributed by atoms with Crippen molar-refractivity contribution in [3.8, 4) is 5.75 Å². The third-order valence-electron chi connectivity index (χ3n) is 9.28. The van der Waals surface area contributed by atoms with Crippen molar-refractivity contribution in [2.75, 3.05) is 6.54 Å². The molecule has 1 aromatic heterocycles.